The van der Waals surface area contributed by atoms with Gasteiger partial charge in [0.1, 0.15) is 5.76 Å². The van der Waals surface area contributed by atoms with Crippen molar-refractivity contribution in [3.63, 3.8) is 0 Å². The summed E-state index contributed by atoms with van der Waals surface area (Å²) in [6, 6.07) is 9.11. The third kappa shape index (κ3) is 3.65. The Balaban J connectivity index is 1.76. The van der Waals surface area contributed by atoms with E-state index in [1.54, 1.807) is 11.8 Å². The number of oxazole rings is 1. The largest absolute Gasteiger partial charge is 0.441 e. The SMILES string of the molecule is Cc1oc(-c2ccccc2)nc1C(=O)N1CCC(NS(C)(=O)=O)C1. The van der Waals surface area contributed by atoms with Crippen molar-refractivity contribution in [3.05, 3.63) is 41.8 Å². The van der Waals surface area contributed by atoms with Crippen LogP contribution in [0.2, 0.25) is 0 Å². The molecule has 0 bridgehead atoms. The van der Waals surface area contributed by atoms with Gasteiger partial charge < -0.3 is 9.32 Å². The summed E-state index contributed by atoms with van der Waals surface area (Å²) in [6.07, 6.45) is 1.70. The zero-order valence-electron chi connectivity index (χ0n) is 13.5. The minimum atomic E-state index is -3.28. The summed E-state index contributed by atoms with van der Waals surface area (Å²) in [5, 5.41) is 0. The number of sulfonamides is 1. The Morgan fingerprint density at radius 3 is 2.71 bits per heavy atom. The highest BCUT2D eigenvalue weighted by Gasteiger charge is 2.31. The summed E-state index contributed by atoms with van der Waals surface area (Å²) in [7, 11) is -3.28. The molecule has 8 heteroatoms. The molecule has 0 aliphatic carbocycles. The standard InChI is InChI=1S/C16H19N3O4S/c1-11-14(17-15(23-11)12-6-4-3-5-7-12)16(20)19-9-8-13(10-19)18-24(2,21)22/h3-7,13,18H,8-10H2,1-2H3. The number of amides is 1. The van der Waals surface area contributed by atoms with Crippen LogP contribution in [-0.2, 0) is 10.0 Å². The predicted octanol–water partition coefficient (Wildman–Crippen LogP) is 1.41. The van der Waals surface area contributed by atoms with Gasteiger partial charge in [-0.1, -0.05) is 18.2 Å². The van der Waals surface area contributed by atoms with E-state index in [4.69, 9.17) is 4.42 Å². The average molecular weight is 349 g/mol. The van der Waals surface area contributed by atoms with Gasteiger partial charge in [0.05, 0.1) is 6.26 Å². The zero-order valence-corrected chi connectivity index (χ0v) is 14.3. The highest BCUT2D eigenvalue weighted by Crippen LogP contribution is 2.23. The normalized spacial score (nSPS) is 18.1. The molecule has 1 aromatic carbocycles. The molecule has 1 saturated heterocycles. The van der Waals surface area contributed by atoms with E-state index in [0.717, 1.165) is 11.8 Å². The van der Waals surface area contributed by atoms with Crippen molar-refractivity contribution < 1.29 is 17.6 Å². The maximum atomic E-state index is 12.6. The van der Waals surface area contributed by atoms with Crippen LogP contribution in [0.4, 0.5) is 0 Å². The summed E-state index contributed by atoms with van der Waals surface area (Å²) in [5.74, 6) is 0.621. The van der Waals surface area contributed by atoms with E-state index in [-0.39, 0.29) is 17.6 Å². The van der Waals surface area contributed by atoms with Crippen molar-refractivity contribution >= 4 is 15.9 Å². The van der Waals surface area contributed by atoms with Gasteiger partial charge in [-0.15, -0.1) is 0 Å². The van der Waals surface area contributed by atoms with Crippen LogP contribution in [0.15, 0.2) is 34.7 Å². The van der Waals surface area contributed by atoms with Crippen LogP contribution < -0.4 is 4.72 Å². The molecule has 3 rings (SSSR count). The number of hydrogen-bond acceptors (Lipinski definition) is 5. The van der Waals surface area contributed by atoms with Gasteiger partial charge in [0.15, 0.2) is 5.69 Å². The first-order valence-electron chi connectivity index (χ1n) is 7.63. The van der Waals surface area contributed by atoms with Gasteiger partial charge in [-0.05, 0) is 25.5 Å². The van der Waals surface area contributed by atoms with Crippen LogP contribution in [0, 0.1) is 6.92 Å². The highest BCUT2D eigenvalue weighted by molar-refractivity contribution is 7.88. The molecule has 2 aromatic rings. The molecule has 128 valence electrons. The average Bonchev–Trinajstić information content (AvgIpc) is 3.13. The Morgan fingerprint density at radius 1 is 1.33 bits per heavy atom. The van der Waals surface area contributed by atoms with Gasteiger partial charge in [0.2, 0.25) is 15.9 Å². The lowest BCUT2D eigenvalue weighted by Crippen LogP contribution is -2.38. The van der Waals surface area contributed by atoms with Gasteiger partial charge in [0, 0.05) is 24.7 Å². The molecule has 1 aliphatic heterocycles. The van der Waals surface area contributed by atoms with E-state index in [1.807, 2.05) is 30.3 Å². The lowest BCUT2D eigenvalue weighted by atomic mass is 10.2. The molecule has 1 aliphatic rings. The molecule has 1 unspecified atom stereocenters. The molecule has 1 atom stereocenters. The number of benzene rings is 1. The van der Waals surface area contributed by atoms with E-state index >= 15 is 0 Å². The van der Waals surface area contributed by atoms with Crippen LogP contribution >= 0.6 is 0 Å². The maximum absolute atomic E-state index is 12.6. The quantitative estimate of drug-likeness (QED) is 0.901. The summed E-state index contributed by atoms with van der Waals surface area (Å²) < 4.78 is 30.8. The van der Waals surface area contributed by atoms with Gasteiger partial charge in [0.25, 0.3) is 5.91 Å². The molecular formula is C16H19N3O4S. The highest BCUT2D eigenvalue weighted by atomic mass is 32.2. The first-order chi connectivity index (χ1) is 11.3. The van der Waals surface area contributed by atoms with Gasteiger partial charge in [-0.3, -0.25) is 4.79 Å². The molecule has 7 nitrogen and oxygen atoms in total. The summed E-state index contributed by atoms with van der Waals surface area (Å²) in [6.45, 7) is 2.52. The fourth-order valence-electron chi connectivity index (χ4n) is 2.79. The fraction of sp³-hybridized carbons (Fsp3) is 0.375. The fourth-order valence-corrected chi connectivity index (χ4v) is 3.59. The first kappa shape index (κ1) is 16.7. The second-order valence-electron chi connectivity index (χ2n) is 5.92. The van der Waals surface area contributed by atoms with Crippen LogP contribution in [0.1, 0.15) is 22.7 Å². The number of rotatable bonds is 4. The molecule has 1 amide bonds. The molecule has 1 N–H and O–H groups in total. The minimum Gasteiger partial charge on any atom is -0.441 e. The molecular weight excluding hydrogens is 330 g/mol. The molecule has 1 fully saturated rings. The monoisotopic (exact) mass is 349 g/mol. The van der Waals surface area contributed by atoms with Crippen LogP contribution in [0.25, 0.3) is 11.5 Å². The number of carbonyl (C=O) groups excluding carboxylic acids is 1. The number of nitrogens with one attached hydrogen (secondary N) is 1. The topological polar surface area (TPSA) is 92.5 Å². The van der Waals surface area contributed by atoms with E-state index < -0.39 is 10.0 Å². The number of carbonyl (C=O) groups is 1. The van der Waals surface area contributed by atoms with E-state index in [9.17, 15) is 13.2 Å². The lowest BCUT2D eigenvalue weighted by molar-refractivity contribution is 0.0783. The van der Waals surface area contributed by atoms with Crippen molar-refractivity contribution in [3.8, 4) is 11.5 Å². The Labute approximate surface area is 140 Å². The molecule has 1 aromatic heterocycles. The predicted molar refractivity (Wildman–Crippen MR) is 89.0 cm³/mol. The second-order valence-corrected chi connectivity index (χ2v) is 7.70. The van der Waals surface area contributed by atoms with Gasteiger partial charge >= 0.3 is 0 Å². The maximum Gasteiger partial charge on any atom is 0.276 e. The van der Waals surface area contributed by atoms with Crippen LogP contribution in [-0.4, -0.2) is 49.6 Å². The molecule has 0 radical (unpaired) electrons. The first-order valence-corrected chi connectivity index (χ1v) is 9.52. The minimum absolute atomic E-state index is 0.240. The van der Waals surface area contributed by atoms with E-state index in [2.05, 4.69) is 9.71 Å². The van der Waals surface area contributed by atoms with Crippen molar-refractivity contribution in [1.82, 2.24) is 14.6 Å². The summed E-state index contributed by atoms with van der Waals surface area (Å²) in [5.41, 5.74) is 1.08. The number of aryl methyl sites for hydroxylation is 1. The van der Waals surface area contributed by atoms with Gasteiger partial charge in [-0.2, -0.15) is 0 Å². The number of hydrogen-bond donors (Lipinski definition) is 1. The van der Waals surface area contributed by atoms with Crippen molar-refractivity contribution in [1.29, 1.82) is 0 Å². The smallest absolute Gasteiger partial charge is 0.276 e. The van der Waals surface area contributed by atoms with Crippen molar-refractivity contribution in [2.75, 3.05) is 19.3 Å². The lowest BCUT2D eigenvalue weighted by Gasteiger charge is -2.15. The Kier molecular flexibility index (Phi) is 4.42. The molecule has 0 saturated carbocycles. The van der Waals surface area contributed by atoms with Crippen molar-refractivity contribution in [2.45, 2.75) is 19.4 Å². The van der Waals surface area contributed by atoms with Crippen LogP contribution in [0.3, 0.4) is 0 Å². The Bertz CT molecular complexity index is 845. The van der Waals surface area contributed by atoms with Crippen LogP contribution in [0.5, 0.6) is 0 Å². The Hall–Kier alpha value is -2.19. The molecule has 2 heterocycles. The Morgan fingerprint density at radius 2 is 2.04 bits per heavy atom. The third-order valence-corrected chi connectivity index (χ3v) is 4.64. The third-order valence-electron chi connectivity index (χ3n) is 3.88. The van der Waals surface area contributed by atoms with Gasteiger partial charge in [-0.25, -0.2) is 18.1 Å². The molecule has 24 heavy (non-hydrogen) atoms. The number of nitrogens with zero attached hydrogens (tertiary/aromatic N) is 2. The zero-order chi connectivity index (χ0) is 17.3. The number of likely N-dealkylation sites (tertiary alicyclic amines) is 1. The number of aromatic nitrogens is 1. The van der Waals surface area contributed by atoms with E-state index in [1.165, 1.54) is 0 Å². The van der Waals surface area contributed by atoms with E-state index in [0.29, 0.717) is 31.2 Å². The summed E-state index contributed by atoms with van der Waals surface area (Å²) in [4.78, 5) is 18.6. The second kappa shape index (κ2) is 6.37. The summed E-state index contributed by atoms with van der Waals surface area (Å²) >= 11 is 0. The molecule has 0 spiro atoms. The van der Waals surface area contributed by atoms with Crippen molar-refractivity contribution in [2.24, 2.45) is 0 Å².